The van der Waals surface area contributed by atoms with Crippen LogP contribution in [0.4, 0.5) is 0 Å². The summed E-state index contributed by atoms with van der Waals surface area (Å²) in [6.07, 6.45) is 0.873. The van der Waals surface area contributed by atoms with Crippen LogP contribution in [0, 0.1) is 13.8 Å². The first-order valence-corrected chi connectivity index (χ1v) is 11.0. The van der Waals surface area contributed by atoms with Crippen molar-refractivity contribution in [3.05, 3.63) is 70.3 Å². The van der Waals surface area contributed by atoms with Crippen molar-refractivity contribution >= 4 is 17.4 Å². The number of likely N-dealkylation sites (tertiary alicyclic amines) is 1. The first-order valence-electron chi connectivity index (χ1n) is 11.0. The van der Waals surface area contributed by atoms with Crippen LogP contribution in [0.1, 0.15) is 41.6 Å². The third-order valence-electron chi connectivity index (χ3n) is 5.76. The van der Waals surface area contributed by atoms with Gasteiger partial charge >= 0.3 is 0 Å². The number of ketones is 1. The lowest BCUT2D eigenvalue weighted by Crippen LogP contribution is -2.35. The van der Waals surface area contributed by atoms with E-state index in [-0.39, 0.29) is 11.3 Å². The second-order valence-electron chi connectivity index (χ2n) is 8.52. The number of benzene rings is 2. The molecule has 0 saturated carbocycles. The van der Waals surface area contributed by atoms with E-state index >= 15 is 0 Å². The fourth-order valence-electron chi connectivity index (χ4n) is 3.80. The molecule has 0 spiro atoms. The molecule has 1 saturated heterocycles. The van der Waals surface area contributed by atoms with Gasteiger partial charge in [-0.15, -0.1) is 0 Å². The molecule has 1 N–H and O–H groups in total. The number of Topliss-reactive ketones (excluding diaryl/α,β-unsaturated/α-hetero) is 1. The summed E-state index contributed by atoms with van der Waals surface area (Å²) >= 11 is 0. The highest BCUT2D eigenvalue weighted by molar-refractivity contribution is 6.46. The zero-order valence-corrected chi connectivity index (χ0v) is 19.5. The van der Waals surface area contributed by atoms with Crippen LogP contribution < -0.4 is 4.74 Å². The highest BCUT2D eigenvalue weighted by Crippen LogP contribution is 2.40. The van der Waals surface area contributed by atoms with Crippen LogP contribution in [-0.4, -0.2) is 60.4 Å². The summed E-state index contributed by atoms with van der Waals surface area (Å²) in [5.74, 6) is -0.733. The predicted molar refractivity (Wildman–Crippen MR) is 126 cm³/mol. The van der Waals surface area contributed by atoms with Crippen molar-refractivity contribution in [2.75, 3.05) is 33.8 Å². The average molecular weight is 437 g/mol. The third kappa shape index (κ3) is 4.86. The van der Waals surface area contributed by atoms with Crippen molar-refractivity contribution in [2.24, 2.45) is 0 Å². The number of nitrogens with zero attached hydrogens (tertiary/aromatic N) is 2. The van der Waals surface area contributed by atoms with Crippen molar-refractivity contribution in [1.29, 1.82) is 0 Å². The van der Waals surface area contributed by atoms with E-state index in [4.69, 9.17) is 4.74 Å². The first kappa shape index (κ1) is 23.5. The maximum absolute atomic E-state index is 13.1. The molecule has 1 aliphatic heterocycles. The van der Waals surface area contributed by atoms with Gasteiger partial charge in [-0.25, -0.2) is 0 Å². The molecule has 1 aliphatic rings. The third-order valence-corrected chi connectivity index (χ3v) is 5.76. The van der Waals surface area contributed by atoms with E-state index in [2.05, 4.69) is 0 Å². The van der Waals surface area contributed by atoms with Crippen molar-refractivity contribution in [1.82, 2.24) is 9.80 Å². The number of likely N-dealkylation sites (N-methyl/N-ethyl adjacent to an activating group) is 1. The number of hydrogen-bond acceptors (Lipinski definition) is 5. The number of carbonyl (C=O) groups excluding carboxylic acids is 2. The summed E-state index contributed by atoms with van der Waals surface area (Å²) in [5, 5.41) is 11.2. The van der Waals surface area contributed by atoms with Crippen LogP contribution >= 0.6 is 0 Å². The molecule has 2 aromatic carbocycles. The van der Waals surface area contributed by atoms with E-state index in [1.807, 2.05) is 76.2 Å². The van der Waals surface area contributed by atoms with Gasteiger partial charge in [0.1, 0.15) is 11.5 Å². The number of rotatable bonds is 8. The molecular formula is C26H32N2O4. The van der Waals surface area contributed by atoms with E-state index in [1.165, 1.54) is 0 Å². The average Bonchev–Trinajstić information content (AvgIpc) is 3.02. The highest BCUT2D eigenvalue weighted by Gasteiger charge is 2.46. The van der Waals surface area contributed by atoms with Gasteiger partial charge in [0.25, 0.3) is 11.7 Å². The quantitative estimate of drug-likeness (QED) is 0.384. The lowest BCUT2D eigenvalue weighted by Gasteiger charge is -2.27. The minimum absolute atomic E-state index is 0.115. The monoisotopic (exact) mass is 436 g/mol. The number of hydrogen-bond donors (Lipinski definition) is 1. The number of aliphatic hydroxyl groups excluding tert-OH is 1. The van der Waals surface area contributed by atoms with Crippen LogP contribution in [0.3, 0.4) is 0 Å². The van der Waals surface area contributed by atoms with Gasteiger partial charge in [-0.3, -0.25) is 9.59 Å². The zero-order chi connectivity index (χ0) is 23.4. The van der Waals surface area contributed by atoms with Crippen molar-refractivity contribution < 1.29 is 19.4 Å². The minimum Gasteiger partial charge on any atom is -0.507 e. The molecule has 170 valence electrons. The van der Waals surface area contributed by atoms with Crippen molar-refractivity contribution in [2.45, 2.75) is 33.2 Å². The molecule has 0 aromatic heterocycles. The van der Waals surface area contributed by atoms with Gasteiger partial charge in [-0.1, -0.05) is 31.2 Å². The van der Waals surface area contributed by atoms with Crippen molar-refractivity contribution in [3.63, 3.8) is 0 Å². The lowest BCUT2D eigenvalue weighted by molar-refractivity contribution is -0.140. The van der Waals surface area contributed by atoms with Crippen LogP contribution in [0.15, 0.2) is 48.0 Å². The smallest absolute Gasteiger partial charge is 0.295 e. The Hall–Kier alpha value is -3.12. The molecule has 1 heterocycles. The largest absolute Gasteiger partial charge is 0.507 e. The van der Waals surface area contributed by atoms with Gasteiger partial charge < -0.3 is 19.6 Å². The molecule has 0 radical (unpaired) electrons. The second kappa shape index (κ2) is 10.0. The van der Waals surface area contributed by atoms with Gasteiger partial charge in [0, 0.05) is 18.7 Å². The lowest BCUT2D eigenvalue weighted by atomic mass is 9.94. The summed E-state index contributed by atoms with van der Waals surface area (Å²) in [4.78, 5) is 29.6. The van der Waals surface area contributed by atoms with Crippen LogP contribution in [0.5, 0.6) is 5.75 Å². The molecule has 0 aliphatic carbocycles. The van der Waals surface area contributed by atoms with E-state index in [9.17, 15) is 14.7 Å². The SMILES string of the molecule is CCCOc1cccc(C2/C(=C(/O)c3ccc(C)c(C)c3)C(=O)C(=O)N2CCN(C)C)c1. The Morgan fingerprint density at radius 2 is 1.84 bits per heavy atom. The van der Waals surface area contributed by atoms with E-state index < -0.39 is 17.7 Å². The Kier molecular flexibility index (Phi) is 7.36. The van der Waals surface area contributed by atoms with Crippen LogP contribution in [-0.2, 0) is 9.59 Å². The second-order valence-corrected chi connectivity index (χ2v) is 8.52. The number of carbonyl (C=O) groups is 2. The molecule has 1 unspecified atom stereocenters. The molecule has 32 heavy (non-hydrogen) atoms. The maximum Gasteiger partial charge on any atom is 0.295 e. The summed E-state index contributed by atoms with van der Waals surface area (Å²) in [5.41, 5.74) is 3.47. The molecule has 1 atom stereocenters. The number of amides is 1. The van der Waals surface area contributed by atoms with Gasteiger partial charge in [0.15, 0.2) is 0 Å². The normalized spacial score (nSPS) is 17.9. The van der Waals surface area contributed by atoms with E-state index in [1.54, 1.807) is 11.0 Å². The van der Waals surface area contributed by atoms with E-state index in [0.717, 1.165) is 23.1 Å². The van der Waals surface area contributed by atoms with E-state index in [0.29, 0.717) is 31.0 Å². The standard InChI is InChI=1S/C26H32N2O4/c1-6-14-32-21-9-7-8-19(16-21)23-22(24(29)20-11-10-17(2)18(3)15-20)25(30)26(31)28(23)13-12-27(4)5/h7-11,15-16,23,29H,6,12-14H2,1-5H3/b24-22-. The van der Waals surface area contributed by atoms with Gasteiger partial charge in [0.2, 0.25) is 0 Å². The van der Waals surface area contributed by atoms with Gasteiger partial charge in [-0.05, 0) is 69.3 Å². The molecule has 1 fully saturated rings. The summed E-state index contributed by atoms with van der Waals surface area (Å²) in [6, 6.07) is 12.3. The Morgan fingerprint density at radius 3 is 2.50 bits per heavy atom. The number of ether oxygens (including phenoxy) is 1. The van der Waals surface area contributed by atoms with Gasteiger partial charge in [-0.2, -0.15) is 0 Å². The molecule has 3 rings (SSSR count). The minimum atomic E-state index is -0.679. The highest BCUT2D eigenvalue weighted by atomic mass is 16.5. The zero-order valence-electron chi connectivity index (χ0n) is 19.5. The number of aryl methyl sites for hydroxylation is 2. The molecule has 6 heteroatoms. The summed E-state index contributed by atoms with van der Waals surface area (Å²) in [7, 11) is 3.83. The van der Waals surface area contributed by atoms with Crippen LogP contribution in [0.2, 0.25) is 0 Å². The predicted octanol–water partition coefficient (Wildman–Crippen LogP) is 4.08. The van der Waals surface area contributed by atoms with Crippen molar-refractivity contribution in [3.8, 4) is 5.75 Å². The first-order chi connectivity index (χ1) is 15.2. The topological polar surface area (TPSA) is 70.1 Å². The summed E-state index contributed by atoms with van der Waals surface area (Å²) < 4.78 is 5.78. The van der Waals surface area contributed by atoms with Gasteiger partial charge in [0.05, 0.1) is 18.2 Å². The Morgan fingerprint density at radius 1 is 1.09 bits per heavy atom. The van der Waals surface area contributed by atoms with Crippen LogP contribution in [0.25, 0.3) is 5.76 Å². The fourth-order valence-corrected chi connectivity index (χ4v) is 3.80. The number of aliphatic hydroxyl groups is 1. The fraction of sp³-hybridized carbons (Fsp3) is 0.385. The Balaban J connectivity index is 2.14. The molecule has 2 aromatic rings. The Labute approximate surface area is 190 Å². The molecule has 0 bridgehead atoms. The maximum atomic E-state index is 13.1. The summed E-state index contributed by atoms with van der Waals surface area (Å²) in [6.45, 7) is 7.51. The molecular weight excluding hydrogens is 404 g/mol. The molecule has 6 nitrogen and oxygen atoms in total. The Bertz CT molecular complexity index is 1040. The molecule has 1 amide bonds.